The summed E-state index contributed by atoms with van der Waals surface area (Å²) < 4.78 is 5.52. The number of amides is 1. The molecule has 5 rings (SSSR count). The highest BCUT2D eigenvalue weighted by Gasteiger charge is 2.23. The number of aromatic amines is 1. The van der Waals surface area contributed by atoms with Crippen LogP contribution in [0.4, 0.5) is 5.13 Å². The minimum atomic E-state index is -0.940. The first-order valence-electron chi connectivity index (χ1n) is 10.5. The van der Waals surface area contributed by atoms with Crippen molar-refractivity contribution in [2.75, 3.05) is 5.32 Å². The van der Waals surface area contributed by atoms with Gasteiger partial charge < -0.3 is 9.72 Å². The van der Waals surface area contributed by atoms with Crippen LogP contribution in [0.2, 0.25) is 0 Å². The number of carbonyl (C=O) groups excluding carboxylic acids is 2. The van der Waals surface area contributed by atoms with E-state index in [2.05, 4.69) is 25.3 Å². The number of nitrogens with one attached hydrogen (secondary N) is 2. The lowest BCUT2D eigenvalue weighted by molar-refractivity contribution is -0.124. The monoisotopic (exact) mass is 489 g/mol. The molecule has 0 spiro atoms. The van der Waals surface area contributed by atoms with Crippen molar-refractivity contribution in [2.24, 2.45) is 0 Å². The average Bonchev–Trinajstić information content (AvgIpc) is 3.63. The van der Waals surface area contributed by atoms with Crippen molar-refractivity contribution in [3.8, 4) is 22.0 Å². The number of benzene rings is 1. The molecule has 2 N–H and O–H groups in total. The Labute approximate surface area is 202 Å². The number of hydrogen-bond acceptors (Lipinski definition) is 8. The second kappa shape index (κ2) is 9.54. The number of imidazole rings is 1. The normalized spacial score (nSPS) is 11.9. The highest BCUT2D eigenvalue weighted by Crippen LogP contribution is 2.28. The number of aromatic nitrogens is 4. The third-order valence-corrected chi connectivity index (χ3v) is 6.72. The molecule has 1 amide bonds. The smallest absolute Gasteiger partial charge is 0.338 e. The topological polar surface area (TPSA) is 110 Å². The Morgan fingerprint density at radius 2 is 2.06 bits per heavy atom. The molecule has 0 aliphatic rings. The van der Waals surface area contributed by atoms with Gasteiger partial charge in [-0.1, -0.05) is 13.0 Å². The lowest BCUT2D eigenvalue weighted by Gasteiger charge is -2.15. The van der Waals surface area contributed by atoms with Crippen LogP contribution in [0.1, 0.15) is 23.7 Å². The summed E-state index contributed by atoms with van der Waals surface area (Å²) in [5, 5.41) is 7.07. The molecule has 0 fully saturated rings. The van der Waals surface area contributed by atoms with E-state index >= 15 is 0 Å². The molecule has 0 bridgehead atoms. The van der Waals surface area contributed by atoms with E-state index < -0.39 is 18.0 Å². The van der Waals surface area contributed by atoms with E-state index in [-0.39, 0.29) is 0 Å². The number of pyridine rings is 1. The van der Waals surface area contributed by atoms with E-state index in [0.29, 0.717) is 34.0 Å². The van der Waals surface area contributed by atoms with Gasteiger partial charge in [0.2, 0.25) is 0 Å². The van der Waals surface area contributed by atoms with Gasteiger partial charge in [0.15, 0.2) is 11.2 Å². The van der Waals surface area contributed by atoms with Crippen molar-refractivity contribution < 1.29 is 14.3 Å². The molecule has 0 saturated heterocycles. The van der Waals surface area contributed by atoms with Crippen molar-refractivity contribution in [2.45, 2.75) is 19.4 Å². The van der Waals surface area contributed by atoms with Gasteiger partial charge in [0, 0.05) is 23.3 Å². The van der Waals surface area contributed by atoms with Crippen LogP contribution in [0.5, 0.6) is 0 Å². The van der Waals surface area contributed by atoms with Crippen LogP contribution in [0.25, 0.3) is 33.0 Å². The zero-order valence-electron chi connectivity index (χ0n) is 18.0. The molecule has 1 unspecified atom stereocenters. The fraction of sp³-hybridized carbons (Fsp3) is 0.125. The van der Waals surface area contributed by atoms with Crippen LogP contribution in [0.15, 0.2) is 65.6 Å². The number of thiophene rings is 1. The van der Waals surface area contributed by atoms with Crippen LogP contribution >= 0.6 is 22.7 Å². The lowest BCUT2D eigenvalue weighted by Crippen LogP contribution is -2.32. The Morgan fingerprint density at radius 1 is 1.15 bits per heavy atom. The van der Waals surface area contributed by atoms with Gasteiger partial charge in [-0.3, -0.25) is 15.1 Å². The molecule has 34 heavy (non-hydrogen) atoms. The first-order chi connectivity index (χ1) is 16.6. The number of H-pyrrole nitrogens is 1. The maximum atomic E-state index is 12.8. The predicted octanol–water partition coefficient (Wildman–Crippen LogP) is 5.38. The zero-order valence-corrected chi connectivity index (χ0v) is 19.7. The van der Waals surface area contributed by atoms with E-state index in [1.165, 1.54) is 11.3 Å². The van der Waals surface area contributed by atoms with Gasteiger partial charge in [-0.2, -0.15) is 0 Å². The lowest BCUT2D eigenvalue weighted by atomic mass is 10.2. The number of carbonyl (C=O) groups is 2. The molecule has 8 nitrogen and oxygen atoms in total. The van der Waals surface area contributed by atoms with Crippen LogP contribution in [0.3, 0.4) is 0 Å². The molecule has 0 radical (unpaired) electrons. The number of rotatable bonds is 7. The molecule has 1 atom stereocenters. The Kier molecular flexibility index (Phi) is 6.15. The van der Waals surface area contributed by atoms with Crippen molar-refractivity contribution in [1.82, 2.24) is 19.9 Å². The summed E-state index contributed by atoms with van der Waals surface area (Å²) in [4.78, 5) is 42.8. The summed E-state index contributed by atoms with van der Waals surface area (Å²) in [5.74, 6) is -0.339. The molecule has 1 aromatic carbocycles. The van der Waals surface area contributed by atoms with Gasteiger partial charge in [0.25, 0.3) is 5.91 Å². The molecular weight excluding hydrogens is 470 g/mol. The van der Waals surface area contributed by atoms with E-state index in [1.807, 2.05) is 35.0 Å². The SMILES string of the molecule is CCC(OC(=O)c1ccc2nc(-c3cccnc3)[nH]c2c1)C(=O)Nc1nc(-c2cccs2)cs1. The van der Waals surface area contributed by atoms with Crippen LogP contribution in [-0.2, 0) is 9.53 Å². The Hall–Kier alpha value is -3.89. The third-order valence-electron chi connectivity index (χ3n) is 5.07. The van der Waals surface area contributed by atoms with Gasteiger partial charge in [0.05, 0.1) is 27.2 Å². The first-order valence-corrected chi connectivity index (χ1v) is 12.3. The summed E-state index contributed by atoms with van der Waals surface area (Å²) in [7, 11) is 0. The standard InChI is InChI=1S/C24H19N5O3S2/c1-2-19(22(30)29-24-28-18(13-34-24)20-6-4-10-33-20)32-23(31)14-7-8-16-17(11-14)27-21(26-16)15-5-3-9-25-12-15/h3-13,19H,2H2,1H3,(H,26,27)(H,28,29,30). The van der Waals surface area contributed by atoms with Crippen molar-refractivity contribution in [3.05, 3.63) is 71.2 Å². The highest BCUT2D eigenvalue weighted by atomic mass is 32.1. The predicted molar refractivity (Wildman–Crippen MR) is 133 cm³/mol. The number of thiazole rings is 1. The summed E-state index contributed by atoms with van der Waals surface area (Å²) in [6, 6.07) is 12.7. The van der Waals surface area contributed by atoms with Crippen LogP contribution in [-0.4, -0.2) is 37.9 Å². The summed E-state index contributed by atoms with van der Waals surface area (Å²) in [5.41, 5.74) is 3.38. The molecule has 5 aromatic rings. The number of hydrogen-bond donors (Lipinski definition) is 2. The fourth-order valence-corrected chi connectivity index (χ4v) is 4.82. The number of anilines is 1. The van der Waals surface area contributed by atoms with Gasteiger partial charge in [0.1, 0.15) is 5.82 Å². The van der Waals surface area contributed by atoms with Gasteiger partial charge in [-0.05, 0) is 48.2 Å². The summed E-state index contributed by atoms with van der Waals surface area (Å²) in [6.07, 6.45) is 2.80. The Morgan fingerprint density at radius 3 is 2.82 bits per heavy atom. The molecular formula is C24H19N5O3S2. The molecule has 4 heterocycles. The number of esters is 1. The fourth-order valence-electron chi connectivity index (χ4n) is 3.35. The zero-order chi connectivity index (χ0) is 23.5. The molecule has 170 valence electrons. The number of nitrogens with zero attached hydrogens (tertiary/aromatic N) is 3. The van der Waals surface area contributed by atoms with Crippen LogP contribution in [0, 0.1) is 0 Å². The van der Waals surface area contributed by atoms with E-state index in [0.717, 1.165) is 16.1 Å². The average molecular weight is 490 g/mol. The van der Waals surface area contributed by atoms with Crippen LogP contribution < -0.4 is 5.32 Å². The molecule has 0 aliphatic heterocycles. The van der Waals surface area contributed by atoms with E-state index in [9.17, 15) is 9.59 Å². The van der Waals surface area contributed by atoms with Gasteiger partial charge in [-0.25, -0.2) is 14.8 Å². The summed E-state index contributed by atoms with van der Waals surface area (Å²) >= 11 is 2.91. The molecule has 4 aromatic heterocycles. The third kappa shape index (κ3) is 4.59. The molecule has 0 saturated carbocycles. The maximum absolute atomic E-state index is 12.8. The highest BCUT2D eigenvalue weighted by molar-refractivity contribution is 7.16. The van der Waals surface area contributed by atoms with Crippen molar-refractivity contribution in [1.29, 1.82) is 0 Å². The van der Waals surface area contributed by atoms with E-state index in [1.54, 1.807) is 48.9 Å². The largest absolute Gasteiger partial charge is 0.449 e. The second-order valence-electron chi connectivity index (χ2n) is 7.37. The van der Waals surface area contributed by atoms with Crippen molar-refractivity contribution in [3.63, 3.8) is 0 Å². The minimum absolute atomic E-state index is 0.328. The first kappa shape index (κ1) is 21.9. The summed E-state index contributed by atoms with van der Waals surface area (Å²) in [6.45, 7) is 1.79. The second-order valence-corrected chi connectivity index (χ2v) is 9.17. The maximum Gasteiger partial charge on any atom is 0.338 e. The van der Waals surface area contributed by atoms with E-state index in [4.69, 9.17) is 4.74 Å². The van der Waals surface area contributed by atoms with Gasteiger partial charge >= 0.3 is 5.97 Å². The quantitative estimate of drug-likeness (QED) is 0.297. The number of ether oxygens (including phenoxy) is 1. The van der Waals surface area contributed by atoms with Crippen molar-refractivity contribution >= 4 is 50.7 Å². The van der Waals surface area contributed by atoms with Gasteiger partial charge in [-0.15, -0.1) is 22.7 Å². The Bertz CT molecular complexity index is 1440. The minimum Gasteiger partial charge on any atom is -0.449 e. The number of fused-ring (bicyclic) bond motifs is 1. The Balaban J connectivity index is 1.27. The molecule has 0 aliphatic carbocycles. The molecule has 10 heteroatoms.